The summed E-state index contributed by atoms with van der Waals surface area (Å²) in [6, 6.07) is 0. The molecule has 2 nitrogen and oxygen atoms in total. The average molecular weight is 341 g/mol. The molecule has 2 saturated carbocycles. The highest BCUT2D eigenvalue weighted by Crippen LogP contribution is 2.68. The number of hydrogen-bond acceptors (Lipinski definition) is 2. The third kappa shape index (κ3) is 2.06. The van der Waals surface area contributed by atoms with Crippen molar-refractivity contribution in [1.29, 1.82) is 0 Å². The molecular weight excluding hydrogens is 315 g/mol. The van der Waals surface area contributed by atoms with E-state index in [0.29, 0.717) is 12.8 Å². The highest BCUT2D eigenvalue weighted by atomic mass is 35.5. The molecule has 2 N–H and O–H groups in total. The number of alkyl halides is 2. The maximum Gasteiger partial charge on any atom is 0.183 e. The minimum absolute atomic E-state index is 0.00295. The third-order valence-corrected chi connectivity index (χ3v) is 8.40. The topological polar surface area (TPSA) is 40.5 Å². The Hall–Kier alpha value is -0.380. The molecule has 0 bridgehead atoms. The SMILES string of the molecule is C[C@]12CC[C@@]3(Cl)[C@@H](C=CC4CC(O)(O)C=C[C@@]43C)[C@@H]1C[C@@H](F)C2. The van der Waals surface area contributed by atoms with Gasteiger partial charge in [0.05, 0.1) is 4.87 Å². The molecule has 0 aromatic rings. The van der Waals surface area contributed by atoms with E-state index in [1.54, 1.807) is 0 Å². The first-order chi connectivity index (χ1) is 10.6. The van der Waals surface area contributed by atoms with Crippen molar-refractivity contribution in [3.05, 3.63) is 24.3 Å². The zero-order valence-corrected chi connectivity index (χ0v) is 14.6. The summed E-state index contributed by atoms with van der Waals surface area (Å²) in [6.07, 6.45) is 10.3. The fourth-order valence-corrected chi connectivity index (χ4v) is 6.56. The Morgan fingerprint density at radius 3 is 2.57 bits per heavy atom. The van der Waals surface area contributed by atoms with Crippen molar-refractivity contribution >= 4 is 11.6 Å². The van der Waals surface area contributed by atoms with E-state index in [2.05, 4.69) is 26.0 Å². The molecule has 7 atom stereocenters. The Bertz CT molecular complexity index is 588. The lowest BCUT2D eigenvalue weighted by atomic mass is 9.48. The molecule has 0 amide bonds. The summed E-state index contributed by atoms with van der Waals surface area (Å²) in [5.41, 5.74) is -0.273. The summed E-state index contributed by atoms with van der Waals surface area (Å²) in [7, 11) is 0. The molecule has 0 saturated heterocycles. The first kappa shape index (κ1) is 16.1. The van der Waals surface area contributed by atoms with Gasteiger partial charge in [0.2, 0.25) is 0 Å². The monoisotopic (exact) mass is 340 g/mol. The normalized spacial score (nSPS) is 56.8. The van der Waals surface area contributed by atoms with E-state index in [0.717, 1.165) is 12.8 Å². The molecule has 4 heteroatoms. The zero-order valence-electron chi connectivity index (χ0n) is 13.8. The second kappa shape index (κ2) is 4.62. The van der Waals surface area contributed by atoms with Crippen molar-refractivity contribution in [2.24, 2.45) is 28.6 Å². The van der Waals surface area contributed by atoms with Crippen LogP contribution in [0.15, 0.2) is 24.3 Å². The number of fused-ring (bicyclic) bond motifs is 5. The number of allylic oxidation sites excluding steroid dienone is 3. The Morgan fingerprint density at radius 2 is 1.83 bits per heavy atom. The Morgan fingerprint density at radius 1 is 1.09 bits per heavy atom. The molecule has 0 aliphatic heterocycles. The fraction of sp³-hybridized carbons (Fsp3) is 0.789. The van der Waals surface area contributed by atoms with Gasteiger partial charge in [-0.2, -0.15) is 0 Å². The van der Waals surface area contributed by atoms with Gasteiger partial charge >= 0.3 is 0 Å². The zero-order chi connectivity index (χ0) is 16.7. The lowest BCUT2D eigenvalue weighted by Crippen LogP contribution is -2.60. The molecule has 0 heterocycles. The minimum Gasteiger partial charge on any atom is -0.362 e. The molecule has 0 radical (unpaired) electrons. The van der Waals surface area contributed by atoms with Crippen molar-refractivity contribution in [2.75, 3.05) is 0 Å². The predicted octanol–water partition coefficient (Wildman–Crippen LogP) is 3.96. The smallest absolute Gasteiger partial charge is 0.183 e. The lowest BCUT2D eigenvalue weighted by molar-refractivity contribution is -0.148. The van der Waals surface area contributed by atoms with Gasteiger partial charge in [0.1, 0.15) is 6.17 Å². The van der Waals surface area contributed by atoms with Crippen molar-refractivity contribution in [1.82, 2.24) is 0 Å². The predicted molar refractivity (Wildman–Crippen MR) is 88.7 cm³/mol. The van der Waals surface area contributed by atoms with Gasteiger partial charge in [0.15, 0.2) is 5.79 Å². The number of rotatable bonds is 0. The molecule has 0 spiro atoms. The van der Waals surface area contributed by atoms with Crippen LogP contribution in [0.4, 0.5) is 4.39 Å². The van der Waals surface area contributed by atoms with E-state index in [1.807, 2.05) is 6.08 Å². The Kier molecular flexibility index (Phi) is 3.23. The highest BCUT2D eigenvalue weighted by Gasteiger charge is 2.65. The van der Waals surface area contributed by atoms with E-state index in [1.165, 1.54) is 6.08 Å². The quantitative estimate of drug-likeness (QED) is 0.398. The van der Waals surface area contributed by atoms with Crippen molar-refractivity contribution in [3.63, 3.8) is 0 Å². The van der Waals surface area contributed by atoms with E-state index in [4.69, 9.17) is 11.6 Å². The maximum absolute atomic E-state index is 14.1. The standard InChI is InChI=1S/C19H26ClFO2/c1-16-5-8-19(20)14(15(16)9-13(21)11-16)4-3-12-10-18(22,23)7-6-17(12,19)2/h3-4,6-7,12-15,22-23H,5,8-11H2,1-2H3/t12?,13-,14+,15+,16-,17+,19-/m1/s1. The summed E-state index contributed by atoms with van der Waals surface area (Å²) in [5.74, 6) is -1.32. The second-order valence-corrected chi connectivity index (χ2v) is 9.55. The van der Waals surface area contributed by atoms with Gasteiger partial charge in [0.25, 0.3) is 0 Å². The molecule has 0 aromatic heterocycles. The summed E-state index contributed by atoms with van der Waals surface area (Å²) >= 11 is 7.27. The summed E-state index contributed by atoms with van der Waals surface area (Å²) in [4.78, 5) is -0.465. The van der Waals surface area contributed by atoms with Crippen molar-refractivity contribution in [3.8, 4) is 0 Å². The molecule has 2 fully saturated rings. The van der Waals surface area contributed by atoms with Gasteiger partial charge in [-0.1, -0.05) is 32.1 Å². The Balaban J connectivity index is 1.77. The van der Waals surface area contributed by atoms with Gasteiger partial charge in [-0.3, -0.25) is 0 Å². The van der Waals surface area contributed by atoms with Gasteiger partial charge in [-0.05, 0) is 49.0 Å². The van der Waals surface area contributed by atoms with Gasteiger partial charge in [-0.15, -0.1) is 11.6 Å². The highest BCUT2D eigenvalue weighted by molar-refractivity contribution is 6.25. The first-order valence-corrected chi connectivity index (χ1v) is 9.14. The van der Waals surface area contributed by atoms with Crippen LogP contribution in [-0.4, -0.2) is 27.0 Å². The molecular formula is C19H26ClFO2. The van der Waals surface area contributed by atoms with Crippen LogP contribution in [-0.2, 0) is 0 Å². The van der Waals surface area contributed by atoms with Crippen LogP contribution < -0.4 is 0 Å². The summed E-state index contributed by atoms with van der Waals surface area (Å²) in [5, 5.41) is 20.0. The van der Waals surface area contributed by atoms with Crippen LogP contribution in [0.3, 0.4) is 0 Å². The van der Waals surface area contributed by atoms with Crippen molar-refractivity contribution in [2.45, 2.75) is 62.8 Å². The molecule has 128 valence electrons. The summed E-state index contributed by atoms with van der Waals surface area (Å²) < 4.78 is 14.1. The number of aliphatic hydroxyl groups is 2. The molecule has 1 unspecified atom stereocenters. The van der Waals surface area contributed by atoms with E-state index in [-0.39, 0.29) is 35.0 Å². The van der Waals surface area contributed by atoms with Crippen molar-refractivity contribution < 1.29 is 14.6 Å². The van der Waals surface area contributed by atoms with Crippen LogP contribution >= 0.6 is 11.6 Å². The van der Waals surface area contributed by atoms with E-state index < -0.39 is 16.8 Å². The summed E-state index contributed by atoms with van der Waals surface area (Å²) in [6.45, 7) is 4.36. The van der Waals surface area contributed by atoms with Crippen LogP contribution in [0.1, 0.15) is 46.0 Å². The van der Waals surface area contributed by atoms with Crippen LogP contribution in [0.2, 0.25) is 0 Å². The van der Waals surface area contributed by atoms with Crippen LogP contribution in [0.5, 0.6) is 0 Å². The van der Waals surface area contributed by atoms with Gasteiger partial charge in [0, 0.05) is 17.8 Å². The second-order valence-electron chi connectivity index (χ2n) is 8.88. The van der Waals surface area contributed by atoms with Gasteiger partial charge in [-0.25, -0.2) is 4.39 Å². The average Bonchev–Trinajstić information content (AvgIpc) is 2.75. The van der Waals surface area contributed by atoms with Crippen LogP contribution in [0.25, 0.3) is 0 Å². The lowest BCUT2D eigenvalue weighted by Gasteiger charge is -2.61. The molecule has 23 heavy (non-hydrogen) atoms. The van der Waals surface area contributed by atoms with E-state index in [9.17, 15) is 14.6 Å². The molecule has 0 aromatic carbocycles. The minimum atomic E-state index is -1.75. The molecule has 4 aliphatic carbocycles. The maximum atomic E-state index is 14.1. The van der Waals surface area contributed by atoms with Gasteiger partial charge < -0.3 is 10.2 Å². The third-order valence-electron chi connectivity index (χ3n) is 7.55. The first-order valence-electron chi connectivity index (χ1n) is 8.76. The fourth-order valence-electron chi connectivity index (χ4n) is 6.04. The van der Waals surface area contributed by atoms with Crippen LogP contribution in [0, 0.1) is 28.6 Å². The Labute approximate surface area is 142 Å². The molecule has 4 aliphatic rings. The largest absolute Gasteiger partial charge is 0.362 e. The molecule has 4 rings (SSSR count). The van der Waals surface area contributed by atoms with E-state index >= 15 is 0 Å². The number of hydrogen-bond donors (Lipinski definition) is 2. The number of halogens is 2.